The van der Waals surface area contributed by atoms with E-state index < -0.39 is 6.04 Å². The van der Waals surface area contributed by atoms with Gasteiger partial charge in [-0.2, -0.15) is 5.10 Å². The number of hydrogen-bond acceptors (Lipinski definition) is 6. The van der Waals surface area contributed by atoms with Gasteiger partial charge in [0.25, 0.3) is 5.91 Å². The van der Waals surface area contributed by atoms with Gasteiger partial charge >= 0.3 is 0 Å². The first-order valence-electron chi connectivity index (χ1n) is 12.7. The Balaban J connectivity index is 1.12. The van der Waals surface area contributed by atoms with E-state index in [-0.39, 0.29) is 24.0 Å². The average molecular weight is 487 g/mol. The van der Waals surface area contributed by atoms with Crippen molar-refractivity contribution in [3.05, 3.63) is 71.8 Å². The first-order chi connectivity index (χ1) is 17.5. The summed E-state index contributed by atoms with van der Waals surface area (Å²) >= 11 is 0. The molecule has 6 rings (SSSR count). The van der Waals surface area contributed by atoms with Crippen molar-refractivity contribution in [2.45, 2.75) is 69.8 Å². The Morgan fingerprint density at radius 3 is 2.94 bits per heavy atom. The number of fused-ring (bicyclic) bond motifs is 2. The molecule has 1 saturated carbocycles. The summed E-state index contributed by atoms with van der Waals surface area (Å²) in [4.78, 5) is 31.6. The lowest BCUT2D eigenvalue weighted by molar-refractivity contribution is -0.126. The van der Waals surface area contributed by atoms with E-state index in [1.165, 1.54) is 0 Å². The zero-order valence-corrected chi connectivity index (χ0v) is 20.2. The third kappa shape index (κ3) is 4.35. The van der Waals surface area contributed by atoms with Crippen LogP contribution in [-0.4, -0.2) is 49.5 Å². The molecule has 9 heteroatoms. The lowest BCUT2D eigenvalue weighted by Gasteiger charge is -2.32. The predicted octanol–water partition coefficient (Wildman–Crippen LogP) is 2.96. The number of nitrogens with one attached hydrogen (secondary N) is 2. The third-order valence-corrected chi connectivity index (χ3v) is 7.47. The molecule has 2 aliphatic heterocycles. The number of rotatable bonds is 6. The van der Waals surface area contributed by atoms with Gasteiger partial charge in [-0.25, -0.2) is 9.50 Å². The maximum Gasteiger partial charge on any atom is 0.255 e. The molecule has 1 saturated heterocycles. The second-order valence-electron chi connectivity index (χ2n) is 9.92. The molecule has 3 aromatic rings. The molecule has 1 aromatic carbocycles. The highest BCUT2D eigenvalue weighted by Gasteiger charge is 2.38. The zero-order valence-electron chi connectivity index (χ0n) is 20.2. The molecular formula is C27H30N6O3. The largest absolute Gasteiger partial charge is 0.489 e. The second kappa shape index (κ2) is 9.39. The van der Waals surface area contributed by atoms with Crippen molar-refractivity contribution >= 4 is 17.5 Å². The van der Waals surface area contributed by atoms with E-state index in [2.05, 4.69) is 27.3 Å². The lowest BCUT2D eigenvalue weighted by atomic mass is 9.92. The first-order valence-corrected chi connectivity index (χ1v) is 12.7. The minimum Gasteiger partial charge on any atom is -0.489 e. The van der Waals surface area contributed by atoms with E-state index in [0.29, 0.717) is 37.2 Å². The summed E-state index contributed by atoms with van der Waals surface area (Å²) in [5.74, 6) is 0.522. The Labute approximate surface area is 209 Å². The quantitative estimate of drug-likeness (QED) is 0.556. The van der Waals surface area contributed by atoms with Crippen LogP contribution in [0.3, 0.4) is 0 Å². The van der Waals surface area contributed by atoms with Crippen LogP contribution in [0.5, 0.6) is 5.75 Å². The molecule has 3 aliphatic rings. The molecule has 0 bridgehead atoms. The summed E-state index contributed by atoms with van der Waals surface area (Å²) in [5.41, 5.74) is 4.18. The molecule has 3 atom stereocenters. The summed E-state index contributed by atoms with van der Waals surface area (Å²) in [7, 11) is 0. The van der Waals surface area contributed by atoms with Crippen LogP contribution in [-0.2, 0) is 17.9 Å². The van der Waals surface area contributed by atoms with E-state index in [9.17, 15) is 9.59 Å². The van der Waals surface area contributed by atoms with E-state index in [1.54, 1.807) is 15.6 Å². The molecule has 2 aromatic heterocycles. The van der Waals surface area contributed by atoms with Crippen LogP contribution in [0.25, 0.3) is 5.65 Å². The van der Waals surface area contributed by atoms with Gasteiger partial charge in [0.1, 0.15) is 17.9 Å². The van der Waals surface area contributed by atoms with Crippen LogP contribution in [0.15, 0.2) is 55.1 Å². The summed E-state index contributed by atoms with van der Waals surface area (Å²) in [6.45, 7) is 4.95. The van der Waals surface area contributed by atoms with Crippen LogP contribution < -0.4 is 15.4 Å². The highest BCUT2D eigenvalue weighted by Crippen LogP contribution is 2.32. The highest BCUT2D eigenvalue weighted by atomic mass is 16.5. The maximum atomic E-state index is 13.0. The number of ether oxygens (including phenoxy) is 1. The Morgan fingerprint density at radius 1 is 1.17 bits per heavy atom. The van der Waals surface area contributed by atoms with Crippen molar-refractivity contribution in [3.63, 3.8) is 0 Å². The number of carbonyl (C=O) groups is 2. The van der Waals surface area contributed by atoms with Crippen LogP contribution in [0.4, 0.5) is 0 Å². The zero-order chi connectivity index (χ0) is 24.6. The topological polar surface area (TPSA) is 101 Å². The molecule has 2 fully saturated rings. The van der Waals surface area contributed by atoms with E-state index in [0.717, 1.165) is 48.2 Å². The maximum absolute atomic E-state index is 13.0. The fourth-order valence-corrected chi connectivity index (χ4v) is 5.54. The summed E-state index contributed by atoms with van der Waals surface area (Å²) in [6.07, 6.45) is 11.3. The predicted molar refractivity (Wildman–Crippen MR) is 133 cm³/mol. The van der Waals surface area contributed by atoms with Crippen molar-refractivity contribution < 1.29 is 14.3 Å². The Bertz CT molecular complexity index is 1330. The van der Waals surface area contributed by atoms with Gasteiger partial charge in [0, 0.05) is 54.4 Å². The molecule has 4 heterocycles. The summed E-state index contributed by atoms with van der Waals surface area (Å²) in [5, 5.41) is 10.7. The molecular weight excluding hydrogens is 456 g/mol. The molecule has 36 heavy (non-hydrogen) atoms. The molecule has 9 nitrogen and oxygen atoms in total. The van der Waals surface area contributed by atoms with Gasteiger partial charge in [0.15, 0.2) is 5.65 Å². The number of allylic oxidation sites excluding steroid dienone is 1. The van der Waals surface area contributed by atoms with Gasteiger partial charge in [0.2, 0.25) is 5.91 Å². The van der Waals surface area contributed by atoms with E-state index >= 15 is 0 Å². The minimum absolute atomic E-state index is 0.0431. The standard InChI is InChI=1S/C27H30N6O3/c1-17-6-9-23(26(34)31-17)32-16-19-12-20(7-8-21(19)27(32)35)36-24-5-3-2-4-22(24)28-13-18-14-29-25-10-11-30-33(25)15-18/h7-8,10-12,14-15,22-24,28H,1-6,9,13,16H2,(H,31,34)/t22-,23?,24+/m0/s1. The average Bonchev–Trinajstić information content (AvgIpc) is 3.47. The number of amides is 2. The minimum atomic E-state index is -0.456. The smallest absolute Gasteiger partial charge is 0.255 e. The van der Waals surface area contributed by atoms with E-state index in [4.69, 9.17) is 4.74 Å². The molecule has 0 spiro atoms. The van der Waals surface area contributed by atoms with Crippen LogP contribution in [0.1, 0.15) is 60.0 Å². The molecule has 2 amide bonds. The van der Waals surface area contributed by atoms with Gasteiger partial charge in [0.05, 0.1) is 6.20 Å². The van der Waals surface area contributed by atoms with Crippen molar-refractivity contribution in [1.82, 2.24) is 30.1 Å². The number of aromatic nitrogens is 3. The Kier molecular flexibility index (Phi) is 5.92. The lowest BCUT2D eigenvalue weighted by Crippen LogP contribution is -2.49. The van der Waals surface area contributed by atoms with Gasteiger partial charge in [-0.15, -0.1) is 0 Å². The Morgan fingerprint density at radius 2 is 2.06 bits per heavy atom. The first kappa shape index (κ1) is 22.7. The van der Waals surface area contributed by atoms with Gasteiger partial charge in [-0.05, 0) is 55.9 Å². The van der Waals surface area contributed by atoms with Crippen molar-refractivity contribution in [3.8, 4) is 5.75 Å². The number of hydrogen-bond donors (Lipinski definition) is 2. The molecule has 1 unspecified atom stereocenters. The van der Waals surface area contributed by atoms with Crippen LogP contribution >= 0.6 is 0 Å². The van der Waals surface area contributed by atoms with E-state index in [1.807, 2.05) is 36.7 Å². The molecule has 1 aliphatic carbocycles. The fraction of sp³-hybridized carbons (Fsp3) is 0.407. The number of piperidine rings is 1. The SMILES string of the molecule is C=C1CCC(N2Cc3cc(O[C@@H]4CCCC[C@@H]4NCc4cnc5ccnn5c4)ccc3C2=O)C(=O)N1. The molecule has 2 N–H and O–H groups in total. The second-order valence-corrected chi connectivity index (χ2v) is 9.92. The van der Waals surface area contributed by atoms with Crippen LogP contribution in [0.2, 0.25) is 0 Å². The number of benzene rings is 1. The van der Waals surface area contributed by atoms with Gasteiger partial charge < -0.3 is 20.3 Å². The fourth-order valence-electron chi connectivity index (χ4n) is 5.54. The summed E-state index contributed by atoms with van der Waals surface area (Å²) < 4.78 is 8.26. The third-order valence-electron chi connectivity index (χ3n) is 7.47. The highest BCUT2D eigenvalue weighted by molar-refractivity contribution is 6.01. The number of carbonyl (C=O) groups excluding carboxylic acids is 2. The molecule has 186 valence electrons. The van der Waals surface area contributed by atoms with Gasteiger partial charge in [-0.3, -0.25) is 9.59 Å². The Hall–Kier alpha value is -3.72. The number of nitrogens with zero attached hydrogens (tertiary/aromatic N) is 4. The normalized spacial score (nSPS) is 24.2. The van der Waals surface area contributed by atoms with Gasteiger partial charge in [-0.1, -0.05) is 13.0 Å². The summed E-state index contributed by atoms with van der Waals surface area (Å²) in [6, 6.07) is 7.33. The van der Waals surface area contributed by atoms with Crippen molar-refractivity contribution in [2.24, 2.45) is 0 Å². The van der Waals surface area contributed by atoms with Crippen molar-refractivity contribution in [1.29, 1.82) is 0 Å². The molecule has 0 radical (unpaired) electrons. The monoisotopic (exact) mass is 486 g/mol. The van der Waals surface area contributed by atoms with Crippen molar-refractivity contribution in [2.75, 3.05) is 0 Å². The van der Waals surface area contributed by atoms with Crippen LogP contribution in [0, 0.1) is 0 Å².